The van der Waals surface area contributed by atoms with Crippen molar-refractivity contribution in [3.63, 3.8) is 0 Å². The second-order valence-corrected chi connectivity index (χ2v) is 12.5. The second kappa shape index (κ2) is 18.9. The smallest absolute Gasteiger partial charge is 0.302 e. The quantitative estimate of drug-likeness (QED) is 0.168. The molecule has 3 rings (SSSR count). The molecule has 0 bridgehead atoms. The molecule has 2 N–H and O–H groups in total. The molecule has 3 atom stereocenters. The van der Waals surface area contributed by atoms with Gasteiger partial charge in [0.05, 0.1) is 25.4 Å². The van der Waals surface area contributed by atoms with E-state index >= 15 is 0 Å². The van der Waals surface area contributed by atoms with Crippen molar-refractivity contribution in [3.05, 3.63) is 64.2 Å². The minimum absolute atomic E-state index is 0.00848. The fourth-order valence-electron chi connectivity index (χ4n) is 4.94. The molecule has 0 aromatic heterocycles. The number of ether oxygens (including phenoxy) is 3. The van der Waals surface area contributed by atoms with Crippen LogP contribution >= 0.6 is 11.6 Å². The lowest BCUT2D eigenvalue weighted by Crippen LogP contribution is -2.45. The number of esters is 1. The summed E-state index contributed by atoms with van der Waals surface area (Å²) in [5.41, 5.74) is 3.06. The largest absolute Gasteiger partial charge is 0.494 e. The molecule has 240 valence electrons. The molecule has 0 radical (unpaired) electrons. The maximum absolute atomic E-state index is 11.8. The first-order valence-electron chi connectivity index (χ1n) is 15.8. The van der Waals surface area contributed by atoms with Crippen molar-refractivity contribution in [2.45, 2.75) is 117 Å². The number of carbonyl (C=O) groups is 2. The maximum Gasteiger partial charge on any atom is 0.302 e. The van der Waals surface area contributed by atoms with Gasteiger partial charge >= 0.3 is 5.97 Å². The molecular weight excluding hydrogens is 564 g/mol. The van der Waals surface area contributed by atoms with E-state index in [1.807, 2.05) is 38.1 Å². The summed E-state index contributed by atoms with van der Waals surface area (Å²) in [7, 11) is 0. The van der Waals surface area contributed by atoms with E-state index in [4.69, 9.17) is 25.8 Å². The van der Waals surface area contributed by atoms with E-state index in [1.54, 1.807) is 0 Å². The monoisotopic (exact) mass is 616 g/mol. The van der Waals surface area contributed by atoms with Gasteiger partial charge in [-0.1, -0.05) is 63.1 Å². The van der Waals surface area contributed by atoms with Crippen LogP contribution in [0.4, 0.5) is 0 Å². The molecule has 1 saturated heterocycles. The van der Waals surface area contributed by atoms with Gasteiger partial charge in [0, 0.05) is 36.9 Å². The highest BCUT2D eigenvalue weighted by Crippen LogP contribution is 2.35. The van der Waals surface area contributed by atoms with Gasteiger partial charge in [-0.25, -0.2) is 0 Å². The Bertz CT molecular complexity index is 1120. The molecule has 0 aliphatic carbocycles. The van der Waals surface area contributed by atoms with Crippen molar-refractivity contribution in [2.24, 2.45) is 0 Å². The second-order valence-electron chi connectivity index (χ2n) is 12.1. The zero-order chi connectivity index (χ0) is 31.8. The maximum atomic E-state index is 11.8. The Labute approximate surface area is 264 Å². The SMILES string of the molecule is CCC.CCCNC(=O)CNC(C)(C)CCCOc1ccc(Cc2cc([C@H]3CC(OC(C)=O)C[C@@H](C)O3)ccc2Cl)cc1. The lowest BCUT2D eigenvalue weighted by molar-refractivity contribution is -0.158. The first kappa shape index (κ1) is 36.6. The minimum Gasteiger partial charge on any atom is -0.494 e. The third kappa shape index (κ3) is 14.1. The van der Waals surface area contributed by atoms with Crippen LogP contribution in [0.15, 0.2) is 42.5 Å². The molecule has 2 aromatic carbocycles. The average Bonchev–Trinajstić information content (AvgIpc) is 2.95. The average molecular weight is 617 g/mol. The fraction of sp³-hybridized carbons (Fsp3) is 0.600. The third-order valence-electron chi connectivity index (χ3n) is 7.07. The minimum atomic E-state index is -0.258. The zero-order valence-corrected chi connectivity index (χ0v) is 28.0. The molecule has 43 heavy (non-hydrogen) atoms. The number of carbonyl (C=O) groups excluding carboxylic acids is 2. The topological polar surface area (TPSA) is 85.9 Å². The molecule has 7 nitrogen and oxygen atoms in total. The Morgan fingerprint density at radius 1 is 1.07 bits per heavy atom. The van der Waals surface area contributed by atoms with Crippen LogP contribution in [0.5, 0.6) is 5.75 Å². The van der Waals surface area contributed by atoms with E-state index in [-0.39, 0.29) is 35.7 Å². The molecule has 0 saturated carbocycles. The molecule has 1 aliphatic heterocycles. The van der Waals surface area contributed by atoms with Crippen molar-refractivity contribution in [3.8, 4) is 5.75 Å². The molecule has 1 aliphatic rings. The highest BCUT2D eigenvalue weighted by atomic mass is 35.5. The number of benzene rings is 2. The van der Waals surface area contributed by atoms with Crippen molar-refractivity contribution >= 4 is 23.5 Å². The van der Waals surface area contributed by atoms with Crippen molar-refractivity contribution in [1.82, 2.24) is 10.6 Å². The van der Waals surface area contributed by atoms with E-state index in [0.29, 0.717) is 44.0 Å². The van der Waals surface area contributed by atoms with Crippen LogP contribution in [0.2, 0.25) is 5.02 Å². The van der Waals surface area contributed by atoms with Gasteiger partial charge < -0.3 is 24.8 Å². The Hall–Kier alpha value is -2.61. The van der Waals surface area contributed by atoms with Gasteiger partial charge in [0.1, 0.15) is 11.9 Å². The van der Waals surface area contributed by atoms with E-state index in [9.17, 15) is 9.59 Å². The number of rotatable bonds is 14. The third-order valence-corrected chi connectivity index (χ3v) is 7.44. The van der Waals surface area contributed by atoms with E-state index in [2.05, 4.69) is 56.5 Å². The lowest BCUT2D eigenvalue weighted by atomic mass is 9.94. The lowest BCUT2D eigenvalue weighted by Gasteiger charge is -2.33. The summed E-state index contributed by atoms with van der Waals surface area (Å²) in [6.45, 7) is 15.6. The Kier molecular flexibility index (Phi) is 16.1. The summed E-state index contributed by atoms with van der Waals surface area (Å²) in [6, 6.07) is 14.1. The summed E-state index contributed by atoms with van der Waals surface area (Å²) in [5, 5.41) is 6.93. The van der Waals surface area contributed by atoms with Crippen molar-refractivity contribution in [1.29, 1.82) is 0 Å². The van der Waals surface area contributed by atoms with Crippen LogP contribution in [0.25, 0.3) is 0 Å². The molecule has 1 unspecified atom stereocenters. The van der Waals surface area contributed by atoms with Gasteiger partial charge in [-0.3, -0.25) is 9.59 Å². The predicted molar refractivity (Wildman–Crippen MR) is 175 cm³/mol. The number of halogens is 1. The summed E-state index contributed by atoms with van der Waals surface area (Å²) in [6.07, 6.45) is 5.71. The molecule has 0 spiro atoms. The summed E-state index contributed by atoms with van der Waals surface area (Å²) < 4.78 is 17.6. The van der Waals surface area contributed by atoms with Crippen LogP contribution in [0.1, 0.15) is 110 Å². The van der Waals surface area contributed by atoms with Gasteiger partial charge in [-0.2, -0.15) is 0 Å². The van der Waals surface area contributed by atoms with Gasteiger partial charge in [0.15, 0.2) is 0 Å². The number of hydrogen-bond donors (Lipinski definition) is 2. The van der Waals surface area contributed by atoms with Gasteiger partial charge in [0.25, 0.3) is 0 Å². The van der Waals surface area contributed by atoms with Crippen LogP contribution in [-0.2, 0) is 25.5 Å². The molecular formula is C35H53ClN2O5. The Morgan fingerprint density at radius 2 is 1.77 bits per heavy atom. The van der Waals surface area contributed by atoms with Crippen LogP contribution in [0.3, 0.4) is 0 Å². The molecule has 1 heterocycles. The van der Waals surface area contributed by atoms with E-state index in [1.165, 1.54) is 13.3 Å². The fourth-order valence-corrected chi connectivity index (χ4v) is 5.12. The summed E-state index contributed by atoms with van der Waals surface area (Å²) in [4.78, 5) is 23.3. The van der Waals surface area contributed by atoms with Crippen LogP contribution in [-0.4, -0.2) is 49.3 Å². The Morgan fingerprint density at radius 3 is 2.42 bits per heavy atom. The van der Waals surface area contributed by atoms with E-state index < -0.39 is 0 Å². The van der Waals surface area contributed by atoms with Gasteiger partial charge in [0.2, 0.25) is 5.91 Å². The van der Waals surface area contributed by atoms with Gasteiger partial charge in [-0.15, -0.1) is 0 Å². The molecule has 1 fully saturated rings. The number of hydrogen-bond acceptors (Lipinski definition) is 6. The van der Waals surface area contributed by atoms with Gasteiger partial charge in [-0.05, 0) is 81.3 Å². The first-order valence-corrected chi connectivity index (χ1v) is 16.2. The molecule has 1 amide bonds. The Balaban J connectivity index is 0.00000206. The summed E-state index contributed by atoms with van der Waals surface area (Å²) >= 11 is 6.56. The van der Waals surface area contributed by atoms with E-state index in [0.717, 1.165) is 41.7 Å². The first-order chi connectivity index (χ1) is 20.5. The molecule has 2 aromatic rings. The predicted octanol–water partition coefficient (Wildman–Crippen LogP) is 7.57. The normalized spacial score (nSPS) is 18.3. The molecule has 8 heteroatoms. The zero-order valence-electron chi connectivity index (χ0n) is 27.3. The highest BCUT2D eigenvalue weighted by Gasteiger charge is 2.30. The van der Waals surface area contributed by atoms with Crippen molar-refractivity contribution in [2.75, 3.05) is 19.7 Å². The highest BCUT2D eigenvalue weighted by molar-refractivity contribution is 6.31. The van der Waals surface area contributed by atoms with Crippen molar-refractivity contribution < 1.29 is 23.8 Å². The summed E-state index contributed by atoms with van der Waals surface area (Å²) in [5.74, 6) is 0.602. The van der Waals surface area contributed by atoms with Crippen LogP contribution in [0, 0.1) is 0 Å². The standard InChI is InChI=1S/C32H45ClN2O5.C3H8/c1-6-15-34-31(37)21-35-32(4,5)14-7-16-38-27-11-8-24(9-12-27)18-26-19-25(10-13-29(26)33)30-20-28(40-23(3)36)17-22(2)39-30;1-3-2/h8-13,19,22,28,30,35H,6-7,14-18,20-21H2,1-5H3,(H,34,37);3H2,1-2H3/t22-,28?,30-;/m1./s1. The van der Waals surface area contributed by atoms with Crippen LogP contribution < -0.4 is 15.4 Å². The number of amides is 1. The number of nitrogens with one attached hydrogen (secondary N) is 2.